The molecule has 1 aromatic heterocycles. The van der Waals surface area contributed by atoms with Crippen LogP contribution in [0.5, 0.6) is 0 Å². The summed E-state index contributed by atoms with van der Waals surface area (Å²) < 4.78 is 13.0. The minimum atomic E-state index is -0.451. The number of unbranched alkanes of at least 4 members (excludes halogenated alkanes) is 1. The topological polar surface area (TPSA) is 111 Å². The van der Waals surface area contributed by atoms with Crippen LogP contribution in [0.4, 0.5) is 21.8 Å². The molecule has 3 rings (SSSR count). The smallest absolute Gasteiger partial charge is 0.237 e. The van der Waals surface area contributed by atoms with Crippen LogP contribution >= 0.6 is 0 Å². The Morgan fingerprint density at radius 3 is 2.87 bits per heavy atom. The van der Waals surface area contributed by atoms with Gasteiger partial charge in [0.25, 0.3) is 0 Å². The molecular weight excluding hydrogens is 387 g/mol. The van der Waals surface area contributed by atoms with Crippen LogP contribution < -0.4 is 21.3 Å². The summed E-state index contributed by atoms with van der Waals surface area (Å²) in [5.74, 6) is 6.67. The van der Waals surface area contributed by atoms with Crippen molar-refractivity contribution in [2.24, 2.45) is 0 Å². The summed E-state index contributed by atoms with van der Waals surface area (Å²) >= 11 is 0. The Hall–Kier alpha value is -3.22. The third kappa shape index (κ3) is 6.14. The monoisotopic (exact) mass is 412 g/mol. The molecule has 1 aromatic carbocycles. The number of aromatic nitrogens is 2. The fourth-order valence-electron chi connectivity index (χ4n) is 2.97. The van der Waals surface area contributed by atoms with Crippen molar-refractivity contribution in [1.29, 1.82) is 0 Å². The van der Waals surface area contributed by atoms with E-state index in [0.717, 1.165) is 0 Å². The molecule has 1 amide bonds. The van der Waals surface area contributed by atoms with E-state index in [-0.39, 0.29) is 17.8 Å². The van der Waals surface area contributed by atoms with Gasteiger partial charge in [-0.3, -0.25) is 4.79 Å². The van der Waals surface area contributed by atoms with Gasteiger partial charge in [0.15, 0.2) is 0 Å². The number of aliphatic hydroxyl groups excluding tert-OH is 1. The fraction of sp³-hybridized carbons (Fsp3) is 0.381. The van der Waals surface area contributed by atoms with Crippen molar-refractivity contribution in [3.8, 4) is 11.8 Å². The highest BCUT2D eigenvalue weighted by molar-refractivity contribution is 5.82. The molecule has 0 aliphatic carbocycles. The zero-order valence-corrected chi connectivity index (χ0v) is 16.7. The first-order valence-corrected chi connectivity index (χ1v) is 9.80. The number of nitrogens with zero attached hydrogens (tertiary/aromatic N) is 2. The zero-order chi connectivity index (χ0) is 21.3. The van der Waals surface area contributed by atoms with Crippen LogP contribution in [0, 0.1) is 17.7 Å². The van der Waals surface area contributed by atoms with Crippen molar-refractivity contribution in [3.05, 3.63) is 41.8 Å². The summed E-state index contributed by atoms with van der Waals surface area (Å²) in [4.78, 5) is 20.6. The van der Waals surface area contributed by atoms with Gasteiger partial charge in [-0.05, 0) is 37.1 Å². The third-order valence-electron chi connectivity index (χ3n) is 4.55. The number of halogens is 1. The first kappa shape index (κ1) is 21.5. The van der Waals surface area contributed by atoms with Gasteiger partial charge in [-0.15, -0.1) is 0 Å². The molecule has 0 radical (unpaired) electrons. The van der Waals surface area contributed by atoms with Crippen LogP contribution in [0.1, 0.15) is 24.8 Å². The van der Waals surface area contributed by atoms with E-state index >= 15 is 0 Å². The quantitative estimate of drug-likeness (QED) is 0.345. The maximum atomic E-state index is 13.0. The molecule has 2 aromatic rings. The zero-order valence-electron chi connectivity index (χ0n) is 16.7. The summed E-state index contributed by atoms with van der Waals surface area (Å²) in [5, 5.41) is 21.3. The number of aliphatic hydroxyl groups is 1. The molecule has 2 heterocycles. The van der Waals surface area contributed by atoms with E-state index in [0.29, 0.717) is 55.4 Å². The third-order valence-corrected chi connectivity index (χ3v) is 4.55. The minimum absolute atomic E-state index is 0.0883. The second-order valence-corrected chi connectivity index (χ2v) is 6.88. The number of rotatable bonds is 7. The average molecular weight is 412 g/mol. The molecule has 1 fully saturated rings. The number of benzene rings is 1. The molecule has 0 spiro atoms. The predicted octanol–water partition coefficient (Wildman–Crippen LogP) is 1.37. The largest absolute Gasteiger partial charge is 0.392 e. The molecule has 2 atom stereocenters. The standard InChI is InChI=1S/C21H25FN6O2/c1-23-19-14(12-26-21(28-19)27-16-8-6-15(22)7-9-16)5-3-2-4-10-24-20(30)18-11-17(29)13-25-18/h6-9,12,17-18,25,29H,2,4,10-11,13H2,1H3,(H,24,30)(H2,23,26,27,28)/t17-,18?/m1/s1. The number of amides is 1. The lowest BCUT2D eigenvalue weighted by Gasteiger charge is -2.10. The van der Waals surface area contributed by atoms with E-state index in [1.165, 1.54) is 12.1 Å². The van der Waals surface area contributed by atoms with Crippen LogP contribution in [-0.4, -0.2) is 53.3 Å². The SMILES string of the molecule is CNc1nc(Nc2ccc(F)cc2)ncc1C#CCCCNC(=O)C1C[C@@H](O)CN1. The van der Waals surface area contributed by atoms with Gasteiger partial charge in [-0.1, -0.05) is 11.8 Å². The molecule has 5 N–H and O–H groups in total. The van der Waals surface area contributed by atoms with E-state index in [9.17, 15) is 14.3 Å². The Balaban J connectivity index is 1.47. The summed E-state index contributed by atoms with van der Waals surface area (Å²) in [6.07, 6.45) is 2.95. The van der Waals surface area contributed by atoms with Crippen LogP contribution in [0.15, 0.2) is 30.5 Å². The van der Waals surface area contributed by atoms with Crippen molar-refractivity contribution in [2.45, 2.75) is 31.4 Å². The van der Waals surface area contributed by atoms with Gasteiger partial charge in [0.05, 0.1) is 23.9 Å². The Labute approximate surface area is 174 Å². The summed E-state index contributed by atoms with van der Waals surface area (Å²) in [6.45, 7) is 0.981. The van der Waals surface area contributed by atoms with Crippen LogP contribution in [0.3, 0.4) is 0 Å². The van der Waals surface area contributed by atoms with Gasteiger partial charge in [-0.2, -0.15) is 4.98 Å². The first-order chi connectivity index (χ1) is 14.5. The van der Waals surface area contributed by atoms with E-state index < -0.39 is 6.10 Å². The van der Waals surface area contributed by atoms with E-state index in [1.807, 2.05) is 0 Å². The van der Waals surface area contributed by atoms with Crippen LogP contribution in [0.2, 0.25) is 0 Å². The normalized spacial score (nSPS) is 17.7. The molecule has 30 heavy (non-hydrogen) atoms. The van der Waals surface area contributed by atoms with Gasteiger partial charge >= 0.3 is 0 Å². The molecule has 1 unspecified atom stereocenters. The Morgan fingerprint density at radius 2 is 2.17 bits per heavy atom. The highest BCUT2D eigenvalue weighted by Crippen LogP contribution is 2.17. The number of hydrogen-bond acceptors (Lipinski definition) is 7. The molecule has 158 valence electrons. The Morgan fingerprint density at radius 1 is 1.37 bits per heavy atom. The van der Waals surface area contributed by atoms with Gasteiger partial charge in [-0.25, -0.2) is 9.37 Å². The first-order valence-electron chi connectivity index (χ1n) is 9.80. The number of carbonyl (C=O) groups excluding carboxylic acids is 1. The van der Waals surface area contributed by atoms with Gasteiger partial charge < -0.3 is 26.4 Å². The molecule has 8 nitrogen and oxygen atoms in total. The maximum absolute atomic E-state index is 13.0. The Bertz CT molecular complexity index is 925. The molecule has 0 saturated carbocycles. The molecule has 1 aliphatic heterocycles. The highest BCUT2D eigenvalue weighted by Gasteiger charge is 2.27. The average Bonchev–Trinajstić information content (AvgIpc) is 3.19. The molecule has 0 bridgehead atoms. The van der Waals surface area contributed by atoms with Crippen LogP contribution in [-0.2, 0) is 4.79 Å². The van der Waals surface area contributed by atoms with Crippen molar-refractivity contribution in [2.75, 3.05) is 30.8 Å². The Kier molecular flexibility index (Phi) is 7.54. The van der Waals surface area contributed by atoms with Crippen molar-refractivity contribution in [1.82, 2.24) is 20.6 Å². The van der Waals surface area contributed by atoms with Gasteiger partial charge in [0, 0.05) is 32.2 Å². The van der Waals surface area contributed by atoms with Crippen molar-refractivity contribution < 1.29 is 14.3 Å². The molecular formula is C21H25FN6O2. The van der Waals surface area contributed by atoms with E-state index in [2.05, 4.69) is 43.1 Å². The van der Waals surface area contributed by atoms with Gasteiger partial charge in [0.2, 0.25) is 11.9 Å². The number of nitrogens with one attached hydrogen (secondary N) is 4. The second-order valence-electron chi connectivity index (χ2n) is 6.88. The number of β-amino-alcohol motifs (C(OH)–C–C–N with tert-alkyl or cyclic N) is 1. The number of anilines is 3. The number of carbonyl (C=O) groups is 1. The number of hydrogen-bond donors (Lipinski definition) is 5. The van der Waals surface area contributed by atoms with Crippen molar-refractivity contribution >= 4 is 23.4 Å². The van der Waals surface area contributed by atoms with Gasteiger partial charge in [0.1, 0.15) is 11.6 Å². The summed E-state index contributed by atoms with van der Waals surface area (Å²) in [5.41, 5.74) is 1.34. The van der Waals surface area contributed by atoms with Crippen LogP contribution in [0.25, 0.3) is 0 Å². The van der Waals surface area contributed by atoms with Crippen molar-refractivity contribution in [3.63, 3.8) is 0 Å². The molecule has 1 saturated heterocycles. The lowest BCUT2D eigenvalue weighted by atomic mass is 10.2. The highest BCUT2D eigenvalue weighted by atomic mass is 19.1. The summed E-state index contributed by atoms with van der Waals surface area (Å²) in [7, 11) is 1.75. The fourth-order valence-corrected chi connectivity index (χ4v) is 2.97. The predicted molar refractivity (Wildman–Crippen MR) is 113 cm³/mol. The maximum Gasteiger partial charge on any atom is 0.237 e. The minimum Gasteiger partial charge on any atom is -0.392 e. The molecule has 9 heteroatoms. The lowest BCUT2D eigenvalue weighted by Crippen LogP contribution is -2.40. The summed E-state index contributed by atoms with van der Waals surface area (Å²) in [6, 6.07) is 5.61. The van der Waals surface area contributed by atoms with E-state index in [1.54, 1.807) is 25.4 Å². The lowest BCUT2D eigenvalue weighted by molar-refractivity contribution is -0.122. The molecule has 1 aliphatic rings. The van der Waals surface area contributed by atoms with E-state index in [4.69, 9.17) is 0 Å². The second kappa shape index (κ2) is 10.5.